The van der Waals surface area contributed by atoms with Crippen molar-refractivity contribution >= 4 is 12.2 Å². The molecule has 0 saturated heterocycles. The molecule has 0 bridgehead atoms. The van der Waals surface area contributed by atoms with Crippen molar-refractivity contribution in [2.45, 2.75) is 0 Å². The Kier molecular flexibility index (Phi) is 3.50. The van der Waals surface area contributed by atoms with Gasteiger partial charge in [0.05, 0.1) is 5.69 Å². The molecule has 0 amide bonds. The Morgan fingerprint density at radius 2 is 1.69 bits per heavy atom. The van der Waals surface area contributed by atoms with Gasteiger partial charge in [0.15, 0.2) is 5.82 Å². The van der Waals surface area contributed by atoms with Crippen LogP contribution < -0.4 is 0 Å². The Hall–Kier alpha value is -2.36. The predicted octanol–water partition coefficient (Wildman–Crippen LogP) is 1.99. The van der Waals surface area contributed by atoms with Crippen LogP contribution in [0, 0.1) is 0 Å². The van der Waals surface area contributed by atoms with E-state index in [1.165, 1.54) is 12.7 Å². The van der Waals surface area contributed by atoms with Crippen molar-refractivity contribution in [3.63, 3.8) is 0 Å². The molecular formula is C12H10N4. The molecule has 0 unspecified atom stereocenters. The summed E-state index contributed by atoms with van der Waals surface area (Å²) < 4.78 is 0. The highest BCUT2D eigenvalue weighted by Gasteiger charge is 1.84. The first-order valence-electron chi connectivity index (χ1n) is 4.83. The van der Waals surface area contributed by atoms with Gasteiger partial charge in [-0.05, 0) is 24.3 Å². The van der Waals surface area contributed by atoms with Gasteiger partial charge >= 0.3 is 0 Å². The van der Waals surface area contributed by atoms with Crippen molar-refractivity contribution in [3.05, 3.63) is 60.7 Å². The summed E-state index contributed by atoms with van der Waals surface area (Å²) in [6.45, 7) is 0. The molecule has 0 radical (unpaired) electrons. The number of hydrogen-bond acceptors (Lipinski definition) is 4. The lowest BCUT2D eigenvalue weighted by atomic mass is 10.3. The van der Waals surface area contributed by atoms with Crippen LogP contribution >= 0.6 is 0 Å². The van der Waals surface area contributed by atoms with Crippen molar-refractivity contribution in [1.29, 1.82) is 0 Å². The Labute approximate surface area is 93.4 Å². The molecule has 2 aromatic rings. The van der Waals surface area contributed by atoms with Crippen molar-refractivity contribution in [3.8, 4) is 0 Å². The monoisotopic (exact) mass is 210 g/mol. The van der Waals surface area contributed by atoms with Crippen molar-refractivity contribution in [2.75, 3.05) is 0 Å². The number of aromatic nitrogens is 4. The Morgan fingerprint density at radius 1 is 0.875 bits per heavy atom. The van der Waals surface area contributed by atoms with Crippen LogP contribution in [0.4, 0.5) is 0 Å². The first-order chi connectivity index (χ1) is 7.95. The van der Waals surface area contributed by atoms with Crippen LogP contribution in [-0.4, -0.2) is 19.9 Å². The van der Waals surface area contributed by atoms with Gasteiger partial charge in [0, 0.05) is 6.20 Å². The van der Waals surface area contributed by atoms with Crippen LogP contribution in [0.15, 0.2) is 49.2 Å². The fourth-order valence-corrected chi connectivity index (χ4v) is 1.10. The topological polar surface area (TPSA) is 51.6 Å². The molecule has 16 heavy (non-hydrogen) atoms. The third kappa shape index (κ3) is 3.09. The summed E-state index contributed by atoms with van der Waals surface area (Å²) in [5.74, 6) is 0.640. The van der Waals surface area contributed by atoms with E-state index in [1.54, 1.807) is 12.3 Å². The highest BCUT2D eigenvalue weighted by molar-refractivity contribution is 5.51. The first kappa shape index (κ1) is 10.2. The average molecular weight is 210 g/mol. The zero-order valence-corrected chi connectivity index (χ0v) is 8.56. The fraction of sp³-hybridized carbons (Fsp3) is 0. The maximum absolute atomic E-state index is 4.16. The molecule has 0 aliphatic carbocycles. The van der Waals surface area contributed by atoms with E-state index in [0.717, 1.165) is 5.69 Å². The maximum Gasteiger partial charge on any atom is 0.155 e. The van der Waals surface area contributed by atoms with Crippen LogP contribution in [0.5, 0.6) is 0 Å². The first-order valence-corrected chi connectivity index (χ1v) is 4.83. The number of nitrogens with zero attached hydrogens (tertiary/aromatic N) is 4. The smallest absolute Gasteiger partial charge is 0.155 e. The van der Waals surface area contributed by atoms with Crippen LogP contribution in [0.3, 0.4) is 0 Å². The second kappa shape index (κ2) is 5.50. The third-order valence-electron chi connectivity index (χ3n) is 1.82. The minimum absolute atomic E-state index is 0.640. The Morgan fingerprint density at radius 3 is 2.44 bits per heavy atom. The lowest BCUT2D eigenvalue weighted by Gasteiger charge is -1.88. The number of rotatable bonds is 3. The highest BCUT2D eigenvalue weighted by Crippen LogP contribution is 1.97. The lowest BCUT2D eigenvalue weighted by molar-refractivity contribution is 1.03. The Bertz CT molecular complexity index is 429. The highest BCUT2D eigenvalue weighted by atomic mass is 15.0. The standard InChI is InChI=1S/C12H10N4/c1(5-11-6-3-4-8-14-11)2-7-12-15-9-13-10-16-12/h1-10H. The van der Waals surface area contributed by atoms with E-state index in [2.05, 4.69) is 19.9 Å². The summed E-state index contributed by atoms with van der Waals surface area (Å²) in [6, 6.07) is 5.77. The molecule has 4 nitrogen and oxygen atoms in total. The van der Waals surface area contributed by atoms with Crippen LogP contribution in [-0.2, 0) is 0 Å². The van der Waals surface area contributed by atoms with Gasteiger partial charge in [-0.15, -0.1) is 0 Å². The second-order valence-electron chi connectivity index (χ2n) is 2.97. The summed E-state index contributed by atoms with van der Waals surface area (Å²) >= 11 is 0. The van der Waals surface area contributed by atoms with E-state index in [4.69, 9.17) is 0 Å². The molecule has 4 heteroatoms. The zero-order valence-electron chi connectivity index (χ0n) is 8.56. The SMILES string of the molecule is C(C=Cc1ncncn1)=Cc1ccccn1. The average Bonchev–Trinajstić information content (AvgIpc) is 2.37. The van der Waals surface area contributed by atoms with Crippen molar-refractivity contribution in [1.82, 2.24) is 19.9 Å². The van der Waals surface area contributed by atoms with E-state index < -0.39 is 0 Å². The summed E-state index contributed by atoms with van der Waals surface area (Å²) in [6.07, 6.45) is 12.2. The molecule has 0 saturated carbocycles. The largest absolute Gasteiger partial charge is 0.257 e. The van der Waals surface area contributed by atoms with E-state index in [0.29, 0.717) is 5.82 Å². The van der Waals surface area contributed by atoms with Gasteiger partial charge < -0.3 is 0 Å². The second-order valence-corrected chi connectivity index (χ2v) is 2.97. The number of hydrogen-bond donors (Lipinski definition) is 0. The number of allylic oxidation sites excluding steroid dienone is 2. The molecule has 0 atom stereocenters. The zero-order chi connectivity index (χ0) is 11.1. The molecule has 0 aliphatic heterocycles. The Balaban J connectivity index is 1.98. The molecule has 2 heterocycles. The molecule has 2 aromatic heterocycles. The summed E-state index contributed by atoms with van der Waals surface area (Å²) in [7, 11) is 0. The maximum atomic E-state index is 4.16. The van der Waals surface area contributed by atoms with E-state index in [9.17, 15) is 0 Å². The van der Waals surface area contributed by atoms with Gasteiger partial charge in [0.2, 0.25) is 0 Å². The number of pyridine rings is 1. The molecule has 0 fully saturated rings. The van der Waals surface area contributed by atoms with Crippen molar-refractivity contribution in [2.24, 2.45) is 0 Å². The normalized spacial score (nSPS) is 11.2. The van der Waals surface area contributed by atoms with Crippen LogP contribution in [0.1, 0.15) is 11.5 Å². The molecular weight excluding hydrogens is 200 g/mol. The summed E-state index contributed by atoms with van der Waals surface area (Å²) in [5, 5.41) is 0. The summed E-state index contributed by atoms with van der Waals surface area (Å²) in [5.41, 5.74) is 0.919. The molecule has 2 rings (SSSR count). The fourth-order valence-electron chi connectivity index (χ4n) is 1.10. The van der Waals surface area contributed by atoms with Crippen LogP contribution in [0.25, 0.3) is 12.2 Å². The lowest BCUT2D eigenvalue weighted by Crippen LogP contribution is -1.85. The van der Waals surface area contributed by atoms with E-state index in [-0.39, 0.29) is 0 Å². The quantitative estimate of drug-likeness (QED) is 0.727. The molecule has 78 valence electrons. The van der Waals surface area contributed by atoms with Crippen LogP contribution in [0.2, 0.25) is 0 Å². The molecule has 0 N–H and O–H groups in total. The van der Waals surface area contributed by atoms with E-state index >= 15 is 0 Å². The van der Waals surface area contributed by atoms with Crippen molar-refractivity contribution < 1.29 is 0 Å². The van der Waals surface area contributed by atoms with Gasteiger partial charge in [-0.25, -0.2) is 15.0 Å². The van der Waals surface area contributed by atoms with E-state index in [1.807, 2.05) is 36.4 Å². The van der Waals surface area contributed by atoms with Gasteiger partial charge in [-0.3, -0.25) is 4.98 Å². The van der Waals surface area contributed by atoms with Gasteiger partial charge in [-0.2, -0.15) is 0 Å². The van der Waals surface area contributed by atoms with Gasteiger partial charge in [0.1, 0.15) is 12.7 Å². The minimum Gasteiger partial charge on any atom is -0.257 e. The molecule has 0 aliphatic rings. The third-order valence-corrected chi connectivity index (χ3v) is 1.82. The predicted molar refractivity (Wildman–Crippen MR) is 62.1 cm³/mol. The van der Waals surface area contributed by atoms with Gasteiger partial charge in [-0.1, -0.05) is 18.2 Å². The van der Waals surface area contributed by atoms with Gasteiger partial charge in [0.25, 0.3) is 0 Å². The minimum atomic E-state index is 0.640. The molecule has 0 aromatic carbocycles. The summed E-state index contributed by atoms with van der Waals surface area (Å²) in [4.78, 5) is 15.8. The molecule has 0 spiro atoms.